The van der Waals surface area contributed by atoms with E-state index in [1.54, 1.807) is 0 Å². The van der Waals surface area contributed by atoms with E-state index < -0.39 is 28.0 Å². The number of esters is 1. The third-order valence-corrected chi connectivity index (χ3v) is 2.80. The first-order chi connectivity index (χ1) is 9.95. The van der Waals surface area contributed by atoms with Gasteiger partial charge in [-0.05, 0) is 12.1 Å². The van der Waals surface area contributed by atoms with Crippen LogP contribution in [0.5, 0.6) is 0 Å². The monoisotopic (exact) mass is 295 g/mol. The van der Waals surface area contributed by atoms with Gasteiger partial charge in [-0.3, -0.25) is 24.8 Å². The quantitative estimate of drug-likeness (QED) is 0.513. The number of aromatic amines is 1. The van der Waals surface area contributed by atoms with Crippen LogP contribution >= 0.6 is 0 Å². The van der Waals surface area contributed by atoms with Crippen LogP contribution in [0.3, 0.4) is 0 Å². The number of halogens is 1. The number of benzene rings is 1. The van der Waals surface area contributed by atoms with E-state index >= 15 is 0 Å². The van der Waals surface area contributed by atoms with E-state index in [-0.39, 0.29) is 17.7 Å². The third-order valence-electron chi connectivity index (χ3n) is 2.80. The SMILES string of the molecule is COC(=O)Cc1c[nH]n(-c2cccc(F)c2[N+](=O)[O-])c1=O. The number of hydrogen-bond donors (Lipinski definition) is 1. The molecule has 0 aliphatic rings. The van der Waals surface area contributed by atoms with Gasteiger partial charge in [-0.1, -0.05) is 6.07 Å². The molecule has 21 heavy (non-hydrogen) atoms. The number of rotatable bonds is 4. The second kappa shape index (κ2) is 5.57. The number of ether oxygens (including phenoxy) is 1. The lowest BCUT2D eigenvalue weighted by Gasteiger charge is -2.03. The number of para-hydroxylation sites is 1. The molecular weight excluding hydrogens is 285 g/mol. The molecule has 0 aliphatic carbocycles. The van der Waals surface area contributed by atoms with Crippen LogP contribution in [0.2, 0.25) is 0 Å². The number of H-pyrrole nitrogens is 1. The topological polar surface area (TPSA) is 107 Å². The molecule has 110 valence electrons. The highest BCUT2D eigenvalue weighted by molar-refractivity contribution is 5.72. The highest BCUT2D eigenvalue weighted by atomic mass is 19.1. The van der Waals surface area contributed by atoms with Crippen molar-refractivity contribution >= 4 is 11.7 Å². The fourth-order valence-electron chi connectivity index (χ4n) is 1.80. The minimum absolute atomic E-state index is 0.0559. The van der Waals surface area contributed by atoms with Gasteiger partial charge in [0.25, 0.3) is 5.56 Å². The summed E-state index contributed by atoms with van der Waals surface area (Å²) in [4.78, 5) is 33.2. The summed E-state index contributed by atoms with van der Waals surface area (Å²) in [5.74, 6) is -1.69. The molecule has 0 saturated heterocycles. The lowest BCUT2D eigenvalue weighted by Crippen LogP contribution is -2.20. The van der Waals surface area contributed by atoms with Crippen molar-refractivity contribution in [2.24, 2.45) is 0 Å². The first-order valence-corrected chi connectivity index (χ1v) is 5.75. The molecule has 0 bridgehead atoms. The zero-order valence-electron chi connectivity index (χ0n) is 10.8. The molecule has 2 rings (SSSR count). The van der Waals surface area contributed by atoms with Gasteiger partial charge in [-0.2, -0.15) is 4.39 Å². The van der Waals surface area contributed by atoms with E-state index in [2.05, 4.69) is 9.84 Å². The summed E-state index contributed by atoms with van der Waals surface area (Å²) in [6.07, 6.45) is 0.926. The van der Waals surface area contributed by atoms with Crippen molar-refractivity contribution in [3.05, 3.63) is 56.2 Å². The summed E-state index contributed by atoms with van der Waals surface area (Å²) in [7, 11) is 1.17. The predicted octanol–water partition coefficient (Wildman–Crippen LogP) is 0.928. The van der Waals surface area contributed by atoms with Crippen molar-refractivity contribution in [2.75, 3.05) is 7.11 Å². The van der Waals surface area contributed by atoms with E-state index in [9.17, 15) is 24.1 Å². The van der Waals surface area contributed by atoms with Crippen LogP contribution in [-0.2, 0) is 16.0 Å². The lowest BCUT2D eigenvalue weighted by molar-refractivity contribution is -0.387. The maximum atomic E-state index is 13.5. The normalized spacial score (nSPS) is 10.4. The van der Waals surface area contributed by atoms with Crippen LogP contribution in [0.15, 0.2) is 29.2 Å². The highest BCUT2D eigenvalue weighted by Gasteiger charge is 2.23. The second-order valence-electron chi connectivity index (χ2n) is 4.06. The Morgan fingerprint density at radius 1 is 1.52 bits per heavy atom. The minimum Gasteiger partial charge on any atom is -0.469 e. The first kappa shape index (κ1) is 14.4. The van der Waals surface area contributed by atoms with Gasteiger partial charge in [0, 0.05) is 11.8 Å². The van der Waals surface area contributed by atoms with Crippen LogP contribution < -0.4 is 5.56 Å². The van der Waals surface area contributed by atoms with Crippen LogP contribution in [0.25, 0.3) is 5.69 Å². The molecule has 2 aromatic rings. The molecule has 8 nitrogen and oxygen atoms in total. The Bertz CT molecular complexity index is 764. The fourth-order valence-corrected chi connectivity index (χ4v) is 1.80. The minimum atomic E-state index is -1.06. The number of nitro groups is 1. The summed E-state index contributed by atoms with van der Waals surface area (Å²) < 4.78 is 18.8. The van der Waals surface area contributed by atoms with Crippen molar-refractivity contribution in [3.8, 4) is 5.69 Å². The predicted molar refractivity (Wildman–Crippen MR) is 68.7 cm³/mol. The smallest absolute Gasteiger partial charge is 0.330 e. The Labute approximate surface area is 116 Å². The van der Waals surface area contributed by atoms with Crippen molar-refractivity contribution in [3.63, 3.8) is 0 Å². The van der Waals surface area contributed by atoms with Gasteiger partial charge in [0.1, 0.15) is 5.69 Å². The van der Waals surface area contributed by atoms with Crippen molar-refractivity contribution in [1.82, 2.24) is 9.78 Å². The van der Waals surface area contributed by atoms with E-state index in [1.807, 2.05) is 0 Å². The Morgan fingerprint density at radius 2 is 2.24 bits per heavy atom. The van der Waals surface area contributed by atoms with Gasteiger partial charge < -0.3 is 4.74 Å². The Morgan fingerprint density at radius 3 is 2.86 bits per heavy atom. The van der Waals surface area contributed by atoms with Crippen LogP contribution in [0.1, 0.15) is 5.56 Å². The van der Waals surface area contributed by atoms with E-state index in [4.69, 9.17) is 0 Å². The number of aromatic nitrogens is 2. The number of hydrogen-bond acceptors (Lipinski definition) is 5. The number of nitro benzene ring substituents is 1. The van der Waals surface area contributed by atoms with E-state index in [0.717, 1.165) is 10.7 Å². The standard InChI is InChI=1S/C12H10FN3O5/c1-21-10(17)5-7-6-14-15(12(7)18)9-4-2-3-8(13)11(9)16(19)20/h2-4,6,14H,5H2,1H3. The molecule has 9 heteroatoms. The van der Waals surface area contributed by atoms with Gasteiger partial charge in [-0.15, -0.1) is 0 Å². The van der Waals surface area contributed by atoms with Crippen molar-refractivity contribution < 1.29 is 18.8 Å². The van der Waals surface area contributed by atoms with Crippen LogP contribution in [0, 0.1) is 15.9 Å². The summed E-state index contributed by atoms with van der Waals surface area (Å²) in [6, 6.07) is 3.39. The van der Waals surface area contributed by atoms with Crippen molar-refractivity contribution in [1.29, 1.82) is 0 Å². The molecule has 0 unspecified atom stereocenters. The van der Waals surface area contributed by atoms with Crippen molar-refractivity contribution in [2.45, 2.75) is 6.42 Å². The number of nitrogens with one attached hydrogen (secondary N) is 1. The third kappa shape index (κ3) is 2.66. The Hall–Kier alpha value is -2.97. The number of methoxy groups -OCH3 is 1. The fraction of sp³-hybridized carbons (Fsp3) is 0.167. The van der Waals surface area contributed by atoms with Gasteiger partial charge >= 0.3 is 11.7 Å². The molecule has 1 heterocycles. The van der Waals surface area contributed by atoms with Gasteiger partial charge in [0.2, 0.25) is 5.82 Å². The molecule has 0 spiro atoms. The molecule has 0 aliphatic heterocycles. The number of nitrogens with zero attached hydrogens (tertiary/aromatic N) is 2. The summed E-state index contributed by atoms with van der Waals surface area (Å²) >= 11 is 0. The molecular formula is C12H10FN3O5. The van der Waals surface area contributed by atoms with Gasteiger partial charge in [0.15, 0.2) is 0 Å². The van der Waals surface area contributed by atoms with Crippen LogP contribution in [-0.4, -0.2) is 27.8 Å². The Balaban J connectivity index is 2.54. The van der Waals surface area contributed by atoms with Crippen LogP contribution in [0.4, 0.5) is 10.1 Å². The average molecular weight is 295 g/mol. The average Bonchev–Trinajstić information content (AvgIpc) is 2.79. The largest absolute Gasteiger partial charge is 0.469 e. The molecule has 1 aromatic heterocycles. The maximum absolute atomic E-state index is 13.5. The Kier molecular flexibility index (Phi) is 3.83. The molecule has 0 fully saturated rings. The lowest BCUT2D eigenvalue weighted by atomic mass is 10.2. The highest BCUT2D eigenvalue weighted by Crippen LogP contribution is 2.24. The van der Waals surface area contributed by atoms with E-state index in [0.29, 0.717) is 0 Å². The summed E-state index contributed by atoms with van der Waals surface area (Å²) in [5, 5.41) is 13.4. The molecule has 1 aromatic carbocycles. The number of carbonyl (C=O) groups excluding carboxylic acids is 1. The maximum Gasteiger partial charge on any atom is 0.330 e. The zero-order chi connectivity index (χ0) is 15.6. The molecule has 1 N–H and O–H groups in total. The molecule has 0 amide bonds. The molecule has 0 saturated carbocycles. The second-order valence-corrected chi connectivity index (χ2v) is 4.06. The summed E-state index contributed by atoms with van der Waals surface area (Å²) in [5.41, 5.74) is -1.71. The zero-order valence-corrected chi connectivity index (χ0v) is 10.8. The van der Waals surface area contributed by atoms with Gasteiger partial charge in [0.05, 0.1) is 18.5 Å². The van der Waals surface area contributed by atoms with E-state index in [1.165, 1.54) is 25.4 Å². The molecule has 0 atom stereocenters. The summed E-state index contributed by atoms with van der Waals surface area (Å²) in [6.45, 7) is 0. The van der Waals surface area contributed by atoms with Gasteiger partial charge in [-0.25, -0.2) is 4.68 Å². The first-order valence-electron chi connectivity index (χ1n) is 5.75. The molecule has 0 radical (unpaired) electrons. The number of carbonyl (C=O) groups is 1.